The molecule has 0 fully saturated rings. The fraction of sp³-hybridized carbons (Fsp3) is 0.556. The summed E-state index contributed by atoms with van der Waals surface area (Å²) in [5.74, 6) is 0.668. The maximum Gasteiger partial charge on any atom is 0.386 e. The molecule has 2 rings (SSSR count). The van der Waals surface area contributed by atoms with E-state index in [2.05, 4.69) is 83.1 Å². The molecule has 0 saturated heterocycles. The summed E-state index contributed by atoms with van der Waals surface area (Å²) in [6, 6.07) is 18.0. The molecule has 0 aliphatic heterocycles. The maximum atomic E-state index is 10.4. The van der Waals surface area contributed by atoms with E-state index in [-0.39, 0.29) is 19.3 Å². The van der Waals surface area contributed by atoms with Crippen molar-refractivity contribution in [3.05, 3.63) is 70.8 Å². The number of aryl methyl sites for hydroxylation is 2. The van der Waals surface area contributed by atoms with E-state index in [1.54, 1.807) is 0 Å². The number of rotatable bonds is 7. The minimum absolute atomic E-state index is 0.0860. The minimum Gasteiger partial charge on any atom is -0.172 e. The van der Waals surface area contributed by atoms with Crippen LogP contribution >= 0.6 is 0 Å². The van der Waals surface area contributed by atoms with Crippen molar-refractivity contribution in [1.82, 2.24) is 0 Å². The first kappa shape index (κ1) is 31.0. The molecule has 188 valence electrons. The molecule has 0 aliphatic rings. The lowest BCUT2D eigenvalue weighted by Gasteiger charge is -2.41. The number of hydrogen-bond donors (Lipinski definition) is 0. The molecule has 2 aromatic carbocycles. The summed E-state index contributed by atoms with van der Waals surface area (Å²) in [6.07, 6.45) is -3.16. The second-order valence-electron chi connectivity index (χ2n) is 8.48. The van der Waals surface area contributed by atoms with E-state index in [0.29, 0.717) is 5.92 Å². The molecular weight excluding hydrogens is 438 g/mol. The van der Waals surface area contributed by atoms with Crippen LogP contribution in [0.5, 0.6) is 0 Å². The highest BCUT2D eigenvalue weighted by atomic mass is 19.4. The molecule has 0 radical (unpaired) electrons. The molecule has 6 heteroatoms. The molecule has 0 N–H and O–H groups in total. The molecule has 0 heterocycles. The van der Waals surface area contributed by atoms with Crippen LogP contribution in [0.25, 0.3) is 0 Å². The molecule has 0 nitrogen and oxygen atoms in total. The predicted molar refractivity (Wildman–Crippen MR) is 126 cm³/mol. The zero-order valence-electron chi connectivity index (χ0n) is 20.8. The minimum atomic E-state index is -4.00. The van der Waals surface area contributed by atoms with Crippen LogP contribution in [0.2, 0.25) is 0 Å². The molecule has 0 amide bonds. The Morgan fingerprint density at radius 2 is 1.12 bits per heavy atom. The molecule has 2 aromatic rings. The van der Waals surface area contributed by atoms with Crippen molar-refractivity contribution in [2.24, 2.45) is 5.92 Å². The molecule has 0 aliphatic carbocycles. The van der Waals surface area contributed by atoms with E-state index in [1.165, 1.54) is 41.5 Å². The van der Waals surface area contributed by atoms with Crippen molar-refractivity contribution in [1.29, 1.82) is 0 Å². The van der Waals surface area contributed by atoms with Crippen molar-refractivity contribution in [3.63, 3.8) is 0 Å². The van der Waals surface area contributed by atoms with E-state index in [1.807, 2.05) is 0 Å². The first-order valence-electron chi connectivity index (χ1n) is 11.4. The van der Waals surface area contributed by atoms with Crippen LogP contribution in [-0.2, 0) is 11.8 Å². The van der Waals surface area contributed by atoms with Crippen molar-refractivity contribution in [2.75, 3.05) is 0 Å². The zero-order valence-corrected chi connectivity index (χ0v) is 20.8. The van der Waals surface area contributed by atoms with Gasteiger partial charge in [-0.2, -0.15) is 26.3 Å². The summed E-state index contributed by atoms with van der Waals surface area (Å²) >= 11 is 0. The third-order valence-electron chi connectivity index (χ3n) is 5.61. The largest absolute Gasteiger partial charge is 0.386 e. The SMILES string of the molecule is CC(F)(F)F.CC(F)(F)F.CCCC(CC)C(C)(c1ccccc1C)c1ccccc1CC. The third-order valence-corrected chi connectivity index (χ3v) is 5.61. The quantitative estimate of drug-likeness (QED) is 0.349. The van der Waals surface area contributed by atoms with Gasteiger partial charge in [0.2, 0.25) is 0 Å². The number of benzene rings is 2. The highest BCUT2D eigenvalue weighted by Gasteiger charge is 2.38. The average molecular weight is 477 g/mol. The second kappa shape index (κ2) is 13.7. The van der Waals surface area contributed by atoms with Crippen LogP contribution in [0, 0.1) is 12.8 Å². The van der Waals surface area contributed by atoms with E-state index in [0.717, 1.165) is 6.42 Å². The number of halogens is 6. The van der Waals surface area contributed by atoms with Gasteiger partial charge in [-0.25, -0.2) is 0 Å². The first-order valence-corrected chi connectivity index (χ1v) is 11.4. The molecule has 0 bridgehead atoms. The summed E-state index contributed by atoms with van der Waals surface area (Å²) in [4.78, 5) is 0. The van der Waals surface area contributed by atoms with E-state index >= 15 is 0 Å². The van der Waals surface area contributed by atoms with Crippen LogP contribution < -0.4 is 0 Å². The lowest BCUT2D eigenvalue weighted by Crippen LogP contribution is -2.35. The van der Waals surface area contributed by atoms with Gasteiger partial charge < -0.3 is 0 Å². The topological polar surface area (TPSA) is 0 Å². The molecule has 0 saturated carbocycles. The summed E-state index contributed by atoms with van der Waals surface area (Å²) in [6.45, 7) is 12.1. The van der Waals surface area contributed by atoms with Gasteiger partial charge in [-0.3, -0.25) is 0 Å². The fourth-order valence-electron chi connectivity index (χ4n) is 4.33. The van der Waals surface area contributed by atoms with Crippen LogP contribution in [-0.4, -0.2) is 12.4 Å². The maximum absolute atomic E-state index is 10.4. The van der Waals surface area contributed by atoms with Crippen molar-refractivity contribution in [3.8, 4) is 0 Å². The Labute approximate surface area is 195 Å². The van der Waals surface area contributed by atoms with Gasteiger partial charge in [0, 0.05) is 19.3 Å². The second-order valence-corrected chi connectivity index (χ2v) is 8.48. The van der Waals surface area contributed by atoms with Gasteiger partial charge in [0.1, 0.15) is 0 Å². The Balaban J connectivity index is 0.000000859. The molecular formula is C27H38F6. The van der Waals surface area contributed by atoms with Crippen molar-refractivity contribution < 1.29 is 26.3 Å². The third kappa shape index (κ3) is 11.6. The van der Waals surface area contributed by atoms with Crippen molar-refractivity contribution >= 4 is 0 Å². The lowest BCUT2D eigenvalue weighted by molar-refractivity contribution is -0.111. The molecule has 2 atom stereocenters. The van der Waals surface area contributed by atoms with Gasteiger partial charge in [-0.15, -0.1) is 0 Å². The number of hydrogen-bond acceptors (Lipinski definition) is 0. The molecule has 33 heavy (non-hydrogen) atoms. The highest BCUT2D eigenvalue weighted by molar-refractivity contribution is 5.47. The van der Waals surface area contributed by atoms with E-state index in [4.69, 9.17) is 0 Å². The summed E-state index contributed by atoms with van der Waals surface area (Å²) in [5, 5.41) is 0. The molecule has 0 aromatic heterocycles. The summed E-state index contributed by atoms with van der Waals surface area (Å²) in [5.41, 5.74) is 6.02. The van der Waals surface area contributed by atoms with Crippen LogP contribution in [0.3, 0.4) is 0 Å². The normalized spacial score (nSPS) is 14.2. The van der Waals surface area contributed by atoms with Gasteiger partial charge in [0.05, 0.1) is 0 Å². The Morgan fingerprint density at radius 3 is 1.52 bits per heavy atom. The van der Waals surface area contributed by atoms with Crippen molar-refractivity contribution in [2.45, 2.75) is 91.9 Å². The van der Waals surface area contributed by atoms with Gasteiger partial charge in [0.15, 0.2) is 0 Å². The fourth-order valence-corrected chi connectivity index (χ4v) is 4.33. The van der Waals surface area contributed by atoms with Gasteiger partial charge >= 0.3 is 12.4 Å². The van der Waals surface area contributed by atoms with Crippen LogP contribution in [0.15, 0.2) is 48.5 Å². The summed E-state index contributed by atoms with van der Waals surface area (Å²) in [7, 11) is 0. The average Bonchev–Trinajstić information content (AvgIpc) is 2.69. The zero-order chi connectivity index (χ0) is 25.9. The predicted octanol–water partition coefficient (Wildman–Crippen LogP) is 9.83. The highest BCUT2D eigenvalue weighted by Crippen LogP contribution is 2.45. The van der Waals surface area contributed by atoms with Gasteiger partial charge in [-0.1, -0.05) is 89.1 Å². The van der Waals surface area contributed by atoms with E-state index < -0.39 is 12.4 Å². The monoisotopic (exact) mass is 476 g/mol. The van der Waals surface area contributed by atoms with Crippen LogP contribution in [0.1, 0.15) is 83.1 Å². The molecule has 2 unspecified atom stereocenters. The number of alkyl halides is 6. The Kier molecular flexibility index (Phi) is 12.8. The lowest BCUT2D eigenvalue weighted by atomic mass is 9.63. The Bertz CT molecular complexity index is 783. The first-order chi connectivity index (χ1) is 15.1. The van der Waals surface area contributed by atoms with Crippen LogP contribution in [0.4, 0.5) is 26.3 Å². The Hall–Kier alpha value is -1.98. The van der Waals surface area contributed by atoms with E-state index in [9.17, 15) is 26.3 Å². The van der Waals surface area contributed by atoms with Gasteiger partial charge in [-0.05, 0) is 47.9 Å². The smallest absolute Gasteiger partial charge is 0.172 e. The molecule has 0 spiro atoms. The summed E-state index contributed by atoms with van der Waals surface area (Å²) < 4.78 is 62.1. The standard InChI is InChI=1S/C23H32.2C2H3F3/c1-6-13-20(8-3)23(5,21-16-11-9-14-18(21)4)22-17-12-10-15-19(22)7-2;2*1-2(3,4)5/h9-12,14-17,20H,6-8,13H2,1-5H3;2*1H3. The van der Waals surface area contributed by atoms with Gasteiger partial charge in [0.25, 0.3) is 0 Å². The Morgan fingerprint density at radius 1 is 0.697 bits per heavy atom.